The summed E-state index contributed by atoms with van der Waals surface area (Å²) in [4.78, 5) is 24.3. The van der Waals surface area contributed by atoms with Gasteiger partial charge in [-0.1, -0.05) is 0 Å². The Kier molecular flexibility index (Phi) is 5.13. The molecule has 0 unspecified atom stereocenters. The van der Waals surface area contributed by atoms with Crippen LogP contribution < -0.4 is 5.32 Å². The molecular weight excluding hydrogens is 314 g/mol. The minimum Gasteiger partial charge on any atom is -0.472 e. The molecule has 2 rings (SSSR count). The van der Waals surface area contributed by atoms with Crippen LogP contribution in [0.2, 0.25) is 0 Å². The van der Waals surface area contributed by atoms with Gasteiger partial charge in [0.2, 0.25) is 0 Å². The van der Waals surface area contributed by atoms with Gasteiger partial charge in [0.05, 0.1) is 32.2 Å². The van der Waals surface area contributed by atoms with Crippen molar-refractivity contribution in [3.63, 3.8) is 0 Å². The number of methoxy groups -OCH3 is 1. The predicted molar refractivity (Wildman–Crippen MR) is 84.8 cm³/mol. The average molecular weight is 333 g/mol. The van der Waals surface area contributed by atoms with E-state index in [0.717, 1.165) is 0 Å². The summed E-state index contributed by atoms with van der Waals surface area (Å²) in [6.45, 7) is 5.17. The first-order chi connectivity index (χ1) is 11.3. The molecule has 1 N–H and O–H groups in total. The Morgan fingerprint density at radius 1 is 1.04 bits per heavy atom. The molecule has 2 aromatic heterocycles. The van der Waals surface area contributed by atoms with E-state index in [1.165, 1.54) is 32.2 Å². The predicted octanol–water partition coefficient (Wildman–Crippen LogP) is 3.33. The second kappa shape index (κ2) is 7.08. The van der Waals surface area contributed by atoms with Crippen molar-refractivity contribution in [1.29, 1.82) is 0 Å². The zero-order chi connectivity index (χ0) is 17.7. The molecule has 7 heteroatoms. The first-order valence-electron chi connectivity index (χ1n) is 7.19. The van der Waals surface area contributed by atoms with Crippen molar-refractivity contribution >= 4 is 17.6 Å². The van der Waals surface area contributed by atoms with E-state index >= 15 is 0 Å². The molecule has 0 aromatic carbocycles. The Balaban J connectivity index is 2.50. The summed E-state index contributed by atoms with van der Waals surface area (Å²) in [6.07, 6.45) is 5.03. The standard InChI is InChI=1S/C17H19NO6/c1-17(2,3)24-16(20)18-14(15(19)21-4)13(11-5-7-22-9-11)12-6-8-23-10-12/h5-10H,1-4H3,(H,18,20). The van der Waals surface area contributed by atoms with Gasteiger partial charge in [-0.3, -0.25) is 5.32 Å². The van der Waals surface area contributed by atoms with Crippen molar-refractivity contribution in [2.45, 2.75) is 26.4 Å². The quantitative estimate of drug-likeness (QED) is 0.682. The van der Waals surface area contributed by atoms with Gasteiger partial charge in [-0.15, -0.1) is 0 Å². The molecule has 0 aliphatic heterocycles. The fourth-order valence-corrected chi connectivity index (χ4v) is 1.99. The highest BCUT2D eigenvalue weighted by atomic mass is 16.6. The lowest BCUT2D eigenvalue weighted by Gasteiger charge is -2.21. The maximum atomic E-state index is 12.2. The zero-order valence-electron chi connectivity index (χ0n) is 13.9. The van der Waals surface area contributed by atoms with Crippen LogP contribution in [0, 0.1) is 0 Å². The van der Waals surface area contributed by atoms with Gasteiger partial charge in [0.15, 0.2) is 0 Å². The van der Waals surface area contributed by atoms with Crippen molar-refractivity contribution in [3.8, 4) is 0 Å². The van der Waals surface area contributed by atoms with Crippen LogP contribution in [-0.4, -0.2) is 24.8 Å². The van der Waals surface area contributed by atoms with E-state index in [1.807, 2.05) is 0 Å². The largest absolute Gasteiger partial charge is 0.472 e. The Hall–Kier alpha value is -2.96. The molecule has 7 nitrogen and oxygen atoms in total. The summed E-state index contributed by atoms with van der Waals surface area (Å²) in [5.41, 5.74) is 0.766. The molecule has 0 bridgehead atoms. The van der Waals surface area contributed by atoms with Gasteiger partial charge in [-0.05, 0) is 32.9 Å². The Bertz CT molecular complexity index is 683. The number of alkyl carbamates (subject to hydrolysis) is 1. The van der Waals surface area contributed by atoms with Crippen LogP contribution >= 0.6 is 0 Å². The maximum Gasteiger partial charge on any atom is 0.412 e. The SMILES string of the molecule is COC(=O)C(NC(=O)OC(C)(C)C)=C(c1ccoc1)c1ccoc1. The molecule has 0 aliphatic rings. The molecular formula is C17H19NO6. The molecule has 128 valence electrons. The van der Waals surface area contributed by atoms with Crippen molar-refractivity contribution in [1.82, 2.24) is 5.32 Å². The summed E-state index contributed by atoms with van der Waals surface area (Å²) < 4.78 is 20.2. The van der Waals surface area contributed by atoms with E-state index in [9.17, 15) is 9.59 Å². The number of furan rings is 2. The van der Waals surface area contributed by atoms with E-state index in [2.05, 4.69) is 5.32 Å². The third-order valence-corrected chi connectivity index (χ3v) is 2.89. The number of rotatable bonds is 4. The molecule has 2 aromatic rings. The lowest BCUT2D eigenvalue weighted by molar-refractivity contribution is -0.136. The second-order valence-electron chi connectivity index (χ2n) is 5.89. The summed E-state index contributed by atoms with van der Waals surface area (Å²) >= 11 is 0. The van der Waals surface area contributed by atoms with E-state index < -0.39 is 17.7 Å². The number of amides is 1. The van der Waals surface area contributed by atoms with E-state index in [1.54, 1.807) is 32.9 Å². The third-order valence-electron chi connectivity index (χ3n) is 2.89. The van der Waals surface area contributed by atoms with Crippen LogP contribution in [0.3, 0.4) is 0 Å². The fraction of sp³-hybridized carbons (Fsp3) is 0.294. The van der Waals surface area contributed by atoms with Crippen LogP contribution in [0.1, 0.15) is 31.9 Å². The van der Waals surface area contributed by atoms with Crippen LogP contribution in [0.5, 0.6) is 0 Å². The number of esters is 1. The number of hydrogen-bond acceptors (Lipinski definition) is 6. The molecule has 0 spiro atoms. The number of ether oxygens (including phenoxy) is 2. The number of carbonyl (C=O) groups excluding carboxylic acids is 2. The summed E-state index contributed by atoms with van der Waals surface area (Å²) in [5.74, 6) is -0.724. The Morgan fingerprint density at radius 3 is 1.96 bits per heavy atom. The van der Waals surface area contributed by atoms with Gasteiger partial charge in [0, 0.05) is 16.7 Å². The van der Waals surface area contributed by atoms with Gasteiger partial charge < -0.3 is 18.3 Å². The molecule has 0 radical (unpaired) electrons. The Morgan fingerprint density at radius 2 is 1.58 bits per heavy atom. The van der Waals surface area contributed by atoms with Gasteiger partial charge in [-0.25, -0.2) is 9.59 Å². The molecule has 0 saturated heterocycles. The summed E-state index contributed by atoms with van der Waals surface area (Å²) in [6, 6.07) is 3.31. The highest BCUT2D eigenvalue weighted by Gasteiger charge is 2.25. The minimum absolute atomic E-state index is 0.0745. The summed E-state index contributed by atoms with van der Waals surface area (Å²) in [5, 5.41) is 2.46. The topological polar surface area (TPSA) is 90.9 Å². The molecule has 0 aliphatic carbocycles. The van der Waals surface area contributed by atoms with Crippen molar-refractivity contribution < 1.29 is 27.9 Å². The van der Waals surface area contributed by atoms with Gasteiger partial charge in [0.25, 0.3) is 0 Å². The van der Waals surface area contributed by atoms with Crippen LogP contribution in [-0.2, 0) is 14.3 Å². The Labute approximate surface area is 139 Å². The molecule has 0 atom stereocenters. The lowest BCUT2D eigenvalue weighted by atomic mass is 10.0. The first-order valence-corrected chi connectivity index (χ1v) is 7.19. The van der Waals surface area contributed by atoms with Gasteiger partial charge in [-0.2, -0.15) is 0 Å². The number of hydrogen-bond donors (Lipinski definition) is 1. The molecule has 0 saturated carbocycles. The zero-order valence-corrected chi connectivity index (χ0v) is 13.9. The van der Waals surface area contributed by atoms with Gasteiger partial charge >= 0.3 is 12.1 Å². The molecule has 0 fully saturated rings. The molecule has 2 heterocycles. The number of nitrogens with one attached hydrogen (secondary N) is 1. The van der Waals surface area contributed by atoms with Crippen molar-refractivity contribution in [2.75, 3.05) is 7.11 Å². The maximum absolute atomic E-state index is 12.2. The van der Waals surface area contributed by atoms with E-state index in [4.69, 9.17) is 18.3 Å². The average Bonchev–Trinajstić information content (AvgIpc) is 3.17. The minimum atomic E-state index is -0.771. The van der Waals surface area contributed by atoms with Crippen LogP contribution in [0.25, 0.3) is 5.57 Å². The third kappa shape index (κ3) is 4.28. The second-order valence-corrected chi connectivity index (χ2v) is 5.89. The van der Waals surface area contributed by atoms with Crippen LogP contribution in [0.15, 0.2) is 51.7 Å². The monoisotopic (exact) mass is 333 g/mol. The summed E-state index contributed by atoms with van der Waals surface area (Å²) in [7, 11) is 1.22. The van der Waals surface area contributed by atoms with Crippen molar-refractivity contribution in [2.24, 2.45) is 0 Å². The normalized spacial score (nSPS) is 10.8. The van der Waals surface area contributed by atoms with E-state index in [-0.39, 0.29) is 5.70 Å². The van der Waals surface area contributed by atoms with Gasteiger partial charge in [0.1, 0.15) is 11.3 Å². The molecule has 24 heavy (non-hydrogen) atoms. The van der Waals surface area contributed by atoms with Crippen LogP contribution in [0.4, 0.5) is 4.79 Å². The fourth-order valence-electron chi connectivity index (χ4n) is 1.99. The highest BCUT2D eigenvalue weighted by Crippen LogP contribution is 2.27. The van der Waals surface area contributed by atoms with E-state index in [0.29, 0.717) is 16.7 Å². The lowest BCUT2D eigenvalue weighted by Crippen LogP contribution is -2.35. The molecule has 1 amide bonds. The highest BCUT2D eigenvalue weighted by molar-refractivity contribution is 6.03. The number of carbonyl (C=O) groups is 2. The first kappa shape index (κ1) is 17.4. The van der Waals surface area contributed by atoms with Crippen molar-refractivity contribution in [3.05, 3.63) is 54.0 Å². The smallest absolute Gasteiger partial charge is 0.412 e.